The van der Waals surface area contributed by atoms with Gasteiger partial charge >= 0.3 is 0 Å². The van der Waals surface area contributed by atoms with Crippen molar-refractivity contribution in [2.75, 3.05) is 24.3 Å². The van der Waals surface area contributed by atoms with E-state index in [1.165, 1.54) is 6.07 Å². The molecule has 110 valence electrons. The van der Waals surface area contributed by atoms with Crippen molar-refractivity contribution in [2.24, 2.45) is 0 Å². The van der Waals surface area contributed by atoms with Gasteiger partial charge in [-0.25, -0.2) is 4.39 Å². The van der Waals surface area contributed by atoms with Crippen LogP contribution in [0.4, 0.5) is 15.8 Å². The second kappa shape index (κ2) is 6.58. The molecule has 0 atom stereocenters. The molecule has 0 aromatic heterocycles. The molecule has 0 saturated heterocycles. The predicted octanol–water partition coefficient (Wildman–Crippen LogP) is 4.67. The molecule has 0 aliphatic rings. The molecular weight excluding hydrogens is 403 g/mol. The number of nitrogens with one attached hydrogen (secondary N) is 1. The van der Waals surface area contributed by atoms with Crippen LogP contribution in [0.15, 0.2) is 45.3 Å². The molecule has 0 bridgehead atoms. The number of nitrogens with zero attached hydrogens (tertiary/aromatic N) is 1. The van der Waals surface area contributed by atoms with E-state index < -0.39 is 11.7 Å². The first-order valence-electron chi connectivity index (χ1n) is 6.12. The molecule has 2 aromatic carbocycles. The number of benzene rings is 2. The maximum Gasteiger partial charge on any atom is 0.258 e. The van der Waals surface area contributed by atoms with Crippen molar-refractivity contribution < 1.29 is 9.18 Å². The lowest BCUT2D eigenvalue weighted by molar-refractivity contribution is 0.102. The van der Waals surface area contributed by atoms with Gasteiger partial charge in [0.15, 0.2) is 0 Å². The maximum atomic E-state index is 14.0. The highest BCUT2D eigenvalue weighted by molar-refractivity contribution is 9.10. The fourth-order valence-electron chi connectivity index (χ4n) is 1.87. The second-order valence-electron chi connectivity index (χ2n) is 4.61. The van der Waals surface area contributed by atoms with Crippen molar-refractivity contribution in [3.05, 3.63) is 56.7 Å². The van der Waals surface area contributed by atoms with Gasteiger partial charge < -0.3 is 10.2 Å². The van der Waals surface area contributed by atoms with Gasteiger partial charge in [0, 0.05) is 18.6 Å². The highest BCUT2D eigenvalue weighted by Crippen LogP contribution is 2.29. The highest BCUT2D eigenvalue weighted by Gasteiger charge is 2.16. The Balaban J connectivity index is 2.36. The normalized spacial score (nSPS) is 10.3. The molecule has 0 saturated carbocycles. The quantitative estimate of drug-likeness (QED) is 0.789. The number of anilines is 2. The number of amides is 1. The zero-order valence-corrected chi connectivity index (χ0v) is 14.6. The fourth-order valence-corrected chi connectivity index (χ4v) is 2.59. The van der Waals surface area contributed by atoms with Crippen LogP contribution in [-0.2, 0) is 0 Å². The predicted molar refractivity (Wildman–Crippen MR) is 90.5 cm³/mol. The van der Waals surface area contributed by atoms with Gasteiger partial charge in [-0.3, -0.25) is 4.79 Å². The summed E-state index contributed by atoms with van der Waals surface area (Å²) >= 11 is 6.44. The Bertz CT molecular complexity index is 689. The van der Waals surface area contributed by atoms with E-state index in [1.54, 1.807) is 18.2 Å². The summed E-state index contributed by atoms with van der Waals surface area (Å²) < 4.78 is 15.1. The van der Waals surface area contributed by atoms with Gasteiger partial charge in [-0.05, 0) is 46.3 Å². The third-order valence-corrected chi connectivity index (χ3v) is 3.99. The van der Waals surface area contributed by atoms with Crippen LogP contribution < -0.4 is 10.2 Å². The molecule has 0 aliphatic carbocycles. The standard InChI is InChI=1S/C15H13Br2FN2O/c1-20(2)13-7-6-9(16)8-12(13)19-15(21)10-4-3-5-11(17)14(10)18/h3-8H,1-2H3,(H,19,21). The Kier molecular flexibility index (Phi) is 5.00. The van der Waals surface area contributed by atoms with Gasteiger partial charge in [0.1, 0.15) is 5.82 Å². The lowest BCUT2D eigenvalue weighted by Gasteiger charge is -2.18. The molecule has 21 heavy (non-hydrogen) atoms. The van der Waals surface area contributed by atoms with Gasteiger partial charge in [-0.1, -0.05) is 22.0 Å². The molecular formula is C15H13Br2FN2O. The molecule has 0 aliphatic heterocycles. The first kappa shape index (κ1) is 16.0. The van der Waals surface area contributed by atoms with E-state index in [-0.39, 0.29) is 10.0 Å². The van der Waals surface area contributed by atoms with Crippen LogP contribution in [0, 0.1) is 5.82 Å². The van der Waals surface area contributed by atoms with Crippen LogP contribution in [0.1, 0.15) is 10.4 Å². The van der Waals surface area contributed by atoms with E-state index in [4.69, 9.17) is 0 Å². The minimum Gasteiger partial charge on any atom is -0.376 e. The van der Waals surface area contributed by atoms with Gasteiger partial charge in [-0.2, -0.15) is 0 Å². The summed E-state index contributed by atoms with van der Waals surface area (Å²) in [6.07, 6.45) is 0. The Morgan fingerprint density at radius 3 is 2.57 bits per heavy atom. The molecule has 0 unspecified atom stereocenters. The Labute approximate surface area is 139 Å². The van der Waals surface area contributed by atoms with Gasteiger partial charge in [0.25, 0.3) is 5.91 Å². The topological polar surface area (TPSA) is 32.3 Å². The second-order valence-corrected chi connectivity index (χ2v) is 6.38. The molecule has 1 N–H and O–H groups in total. The fraction of sp³-hybridized carbons (Fsp3) is 0.133. The first-order valence-corrected chi connectivity index (χ1v) is 7.71. The van der Waals surface area contributed by atoms with Crippen LogP contribution >= 0.6 is 31.9 Å². The van der Waals surface area contributed by atoms with Crippen molar-refractivity contribution in [1.29, 1.82) is 0 Å². The number of halogens is 3. The summed E-state index contributed by atoms with van der Waals surface area (Å²) in [5, 5.41) is 2.75. The Morgan fingerprint density at radius 1 is 1.19 bits per heavy atom. The molecule has 2 rings (SSSR count). The van der Waals surface area contributed by atoms with Crippen LogP contribution in [0.3, 0.4) is 0 Å². The SMILES string of the molecule is CN(C)c1ccc(Br)cc1NC(=O)c1cccc(Br)c1F. The summed E-state index contributed by atoms with van der Waals surface area (Å²) in [5.74, 6) is -1.06. The Hall–Kier alpha value is -1.40. The average Bonchev–Trinajstić information content (AvgIpc) is 2.41. The largest absolute Gasteiger partial charge is 0.376 e. The zero-order chi connectivity index (χ0) is 15.6. The number of hydrogen-bond acceptors (Lipinski definition) is 2. The van der Waals surface area contributed by atoms with Crippen LogP contribution in [0.25, 0.3) is 0 Å². The molecule has 0 heterocycles. The molecule has 0 spiro atoms. The van der Waals surface area contributed by atoms with E-state index in [2.05, 4.69) is 37.2 Å². The van der Waals surface area contributed by atoms with Gasteiger partial charge in [-0.15, -0.1) is 0 Å². The van der Waals surface area contributed by atoms with E-state index >= 15 is 0 Å². The molecule has 0 fully saturated rings. The van der Waals surface area contributed by atoms with Crippen molar-refractivity contribution in [2.45, 2.75) is 0 Å². The van der Waals surface area contributed by atoms with E-state index in [1.807, 2.05) is 31.1 Å². The maximum absolute atomic E-state index is 14.0. The smallest absolute Gasteiger partial charge is 0.258 e. The van der Waals surface area contributed by atoms with E-state index in [0.717, 1.165) is 10.2 Å². The number of carbonyl (C=O) groups is 1. The molecule has 3 nitrogen and oxygen atoms in total. The summed E-state index contributed by atoms with van der Waals surface area (Å²) in [4.78, 5) is 14.1. The van der Waals surface area contributed by atoms with E-state index in [9.17, 15) is 9.18 Å². The lowest BCUT2D eigenvalue weighted by atomic mass is 10.2. The van der Waals surface area contributed by atoms with Gasteiger partial charge in [0.2, 0.25) is 0 Å². The van der Waals surface area contributed by atoms with Crippen LogP contribution in [0.2, 0.25) is 0 Å². The van der Waals surface area contributed by atoms with Crippen LogP contribution in [0.5, 0.6) is 0 Å². The van der Waals surface area contributed by atoms with E-state index in [0.29, 0.717) is 5.69 Å². The summed E-state index contributed by atoms with van der Waals surface area (Å²) in [6, 6.07) is 10.2. The van der Waals surface area contributed by atoms with Crippen molar-refractivity contribution in [3.63, 3.8) is 0 Å². The molecule has 2 aromatic rings. The zero-order valence-electron chi connectivity index (χ0n) is 11.5. The van der Waals surface area contributed by atoms with Crippen molar-refractivity contribution >= 4 is 49.1 Å². The van der Waals surface area contributed by atoms with Crippen LogP contribution in [-0.4, -0.2) is 20.0 Å². The monoisotopic (exact) mass is 414 g/mol. The number of carbonyl (C=O) groups excluding carboxylic acids is 1. The number of hydrogen-bond donors (Lipinski definition) is 1. The Morgan fingerprint density at radius 2 is 1.90 bits per heavy atom. The van der Waals surface area contributed by atoms with Gasteiger partial charge in [0.05, 0.1) is 21.4 Å². The first-order chi connectivity index (χ1) is 9.90. The molecule has 1 amide bonds. The molecule has 0 radical (unpaired) electrons. The number of rotatable bonds is 3. The minimum atomic E-state index is -0.573. The summed E-state index contributed by atoms with van der Waals surface area (Å²) in [5.41, 5.74) is 1.44. The lowest BCUT2D eigenvalue weighted by Crippen LogP contribution is -2.17. The summed E-state index contributed by atoms with van der Waals surface area (Å²) in [7, 11) is 3.75. The summed E-state index contributed by atoms with van der Waals surface area (Å²) in [6.45, 7) is 0. The minimum absolute atomic E-state index is 0.00550. The van der Waals surface area contributed by atoms with Crippen molar-refractivity contribution in [1.82, 2.24) is 0 Å². The third kappa shape index (κ3) is 3.63. The third-order valence-electron chi connectivity index (χ3n) is 2.88. The van der Waals surface area contributed by atoms with Crippen molar-refractivity contribution in [3.8, 4) is 0 Å². The molecule has 6 heteroatoms. The highest BCUT2D eigenvalue weighted by atomic mass is 79.9. The average molecular weight is 416 g/mol.